The number of hydrogen-bond acceptors (Lipinski definition) is 3. The van der Waals surface area contributed by atoms with E-state index in [1.54, 1.807) is 6.07 Å². The first kappa shape index (κ1) is 16.5. The summed E-state index contributed by atoms with van der Waals surface area (Å²) in [6, 6.07) is 9.78. The average molecular weight is 396 g/mol. The fraction of sp³-hybridized carbons (Fsp3) is 0.125. The van der Waals surface area contributed by atoms with Crippen LogP contribution in [0.15, 0.2) is 51.7 Å². The lowest BCUT2D eigenvalue weighted by molar-refractivity contribution is 0.117. The van der Waals surface area contributed by atoms with Crippen LogP contribution in [0, 0.1) is 11.6 Å². The highest BCUT2D eigenvalue weighted by atomic mass is 79.9. The van der Waals surface area contributed by atoms with Crippen molar-refractivity contribution in [2.24, 2.45) is 0 Å². The zero-order chi connectivity index (χ0) is 17.3. The van der Waals surface area contributed by atoms with Crippen LogP contribution in [0.5, 0.6) is 0 Å². The lowest BCUT2D eigenvalue weighted by Gasteiger charge is -2.07. The molecule has 0 saturated carbocycles. The Morgan fingerprint density at radius 3 is 2.50 bits per heavy atom. The summed E-state index contributed by atoms with van der Waals surface area (Å²) < 4.78 is 35.2. The van der Waals surface area contributed by atoms with E-state index in [2.05, 4.69) is 21.0 Å². The number of hydrogen-bond donors (Lipinski definition) is 0. The molecule has 0 spiro atoms. The van der Waals surface area contributed by atoms with Gasteiger partial charge in [0.15, 0.2) is 5.82 Å². The van der Waals surface area contributed by atoms with Crippen molar-refractivity contribution < 1.29 is 13.5 Å². The molecule has 0 fully saturated rings. The molecule has 2 aromatic carbocycles. The molecule has 5 nitrogen and oxygen atoms in total. The maximum Gasteiger partial charge on any atom is 0.353 e. The minimum atomic E-state index is -0.591. The molecule has 0 aliphatic carbocycles. The van der Waals surface area contributed by atoms with Crippen LogP contribution >= 0.6 is 15.9 Å². The Bertz CT molecular complexity index is 935. The lowest BCUT2D eigenvalue weighted by atomic mass is 10.2. The number of aromatic nitrogens is 3. The van der Waals surface area contributed by atoms with Crippen molar-refractivity contribution in [1.29, 1.82) is 0 Å². The summed E-state index contributed by atoms with van der Waals surface area (Å²) >= 11 is 3.18. The third-order valence-corrected chi connectivity index (χ3v) is 3.84. The standard InChI is InChI=1S/C16H12BrF2N3O2/c1-24-9-21-16(23)22(14-7-4-11(17)8-13(14)19)15(20-21)10-2-5-12(18)6-3-10/h2-8H,9H2,1H3. The predicted octanol–water partition coefficient (Wildman–Crippen LogP) is 3.35. The molecule has 0 bridgehead atoms. The van der Waals surface area contributed by atoms with Gasteiger partial charge < -0.3 is 4.74 Å². The maximum absolute atomic E-state index is 14.4. The second-order valence-corrected chi connectivity index (χ2v) is 5.88. The van der Waals surface area contributed by atoms with Gasteiger partial charge in [0.25, 0.3) is 0 Å². The van der Waals surface area contributed by atoms with Gasteiger partial charge in [0.05, 0.1) is 5.69 Å². The Labute approximate surface area is 144 Å². The lowest BCUT2D eigenvalue weighted by Crippen LogP contribution is -2.25. The van der Waals surface area contributed by atoms with Gasteiger partial charge in [-0.25, -0.2) is 18.1 Å². The van der Waals surface area contributed by atoms with Crippen molar-refractivity contribution in [3.8, 4) is 17.1 Å². The minimum Gasteiger partial charge on any atom is -0.362 e. The number of rotatable bonds is 4. The van der Waals surface area contributed by atoms with Crippen molar-refractivity contribution in [3.05, 3.63) is 69.1 Å². The normalized spacial score (nSPS) is 11.0. The molecule has 3 rings (SSSR count). The molecule has 3 aromatic rings. The SMILES string of the molecule is COCn1nc(-c2ccc(F)cc2)n(-c2ccc(Br)cc2F)c1=O. The van der Waals surface area contributed by atoms with Gasteiger partial charge >= 0.3 is 5.69 Å². The van der Waals surface area contributed by atoms with E-state index in [0.29, 0.717) is 10.0 Å². The van der Waals surface area contributed by atoms with Crippen LogP contribution < -0.4 is 5.69 Å². The molecule has 0 aliphatic rings. The zero-order valence-electron chi connectivity index (χ0n) is 12.5. The van der Waals surface area contributed by atoms with Gasteiger partial charge in [0.1, 0.15) is 18.4 Å². The molecule has 1 aromatic heterocycles. The fourth-order valence-corrected chi connectivity index (χ4v) is 2.61. The molecule has 0 unspecified atom stereocenters. The van der Waals surface area contributed by atoms with E-state index in [4.69, 9.17) is 4.74 Å². The van der Waals surface area contributed by atoms with Crippen LogP contribution in [0.2, 0.25) is 0 Å². The smallest absolute Gasteiger partial charge is 0.353 e. The molecule has 0 aliphatic heterocycles. The van der Waals surface area contributed by atoms with Gasteiger partial charge in [-0.05, 0) is 42.5 Å². The second kappa shape index (κ2) is 6.66. The Hall–Kier alpha value is -2.32. The van der Waals surface area contributed by atoms with Gasteiger partial charge in [-0.3, -0.25) is 0 Å². The summed E-state index contributed by atoms with van der Waals surface area (Å²) in [6.07, 6.45) is 0. The first-order valence-corrected chi connectivity index (χ1v) is 7.70. The highest BCUT2D eigenvalue weighted by Crippen LogP contribution is 2.23. The van der Waals surface area contributed by atoms with Gasteiger partial charge in [-0.15, -0.1) is 5.10 Å². The molecule has 0 N–H and O–H groups in total. The van der Waals surface area contributed by atoms with Crippen molar-refractivity contribution in [1.82, 2.24) is 14.3 Å². The molecular formula is C16H12BrF2N3O2. The molecule has 24 heavy (non-hydrogen) atoms. The number of methoxy groups -OCH3 is 1. The van der Waals surface area contributed by atoms with E-state index >= 15 is 0 Å². The zero-order valence-corrected chi connectivity index (χ0v) is 14.1. The third kappa shape index (κ3) is 3.02. The van der Waals surface area contributed by atoms with Gasteiger partial charge in [0.2, 0.25) is 0 Å². The van der Waals surface area contributed by atoms with E-state index in [0.717, 1.165) is 9.25 Å². The van der Waals surface area contributed by atoms with Gasteiger partial charge in [-0.1, -0.05) is 15.9 Å². The topological polar surface area (TPSA) is 49.0 Å². The maximum atomic E-state index is 14.4. The van der Waals surface area contributed by atoms with Crippen molar-refractivity contribution in [3.63, 3.8) is 0 Å². The largest absolute Gasteiger partial charge is 0.362 e. The van der Waals surface area contributed by atoms with Crippen LogP contribution in [0.4, 0.5) is 8.78 Å². The van der Waals surface area contributed by atoms with Crippen molar-refractivity contribution in [2.75, 3.05) is 7.11 Å². The van der Waals surface area contributed by atoms with E-state index in [1.807, 2.05) is 0 Å². The summed E-state index contributed by atoms with van der Waals surface area (Å²) in [6.45, 7) is -0.0851. The Kier molecular flexibility index (Phi) is 4.59. The molecule has 0 atom stereocenters. The average Bonchev–Trinajstić information content (AvgIpc) is 2.86. The van der Waals surface area contributed by atoms with Crippen molar-refractivity contribution >= 4 is 15.9 Å². The highest BCUT2D eigenvalue weighted by Gasteiger charge is 2.19. The summed E-state index contributed by atoms with van der Waals surface area (Å²) in [4.78, 5) is 12.6. The quantitative estimate of drug-likeness (QED) is 0.680. The second-order valence-electron chi connectivity index (χ2n) is 4.96. The van der Waals surface area contributed by atoms with Crippen LogP contribution in [0.25, 0.3) is 17.1 Å². The van der Waals surface area contributed by atoms with E-state index in [1.165, 1.54) is 43.5 Å². The molecule has 0 saturated heterocycles. The van der Waals surface area contributed by atoms with Crippen LogP contribution in [0.1, 0.15) is 0 Å². The number of ether oxygens (including phenoxy) is 1. The van der Waals surface area contributed by atoms with Gasteiger partial charge in [-0.2, -0.15) is 4.68 Å². The Balaban J connectivity index is 2.26. The van der Waals surface area contributed by atoms with Crippen LogP contribution in [0.3, 0.4) is 0 Å². The summed E-state index contributed by atoms with van der Waals surface area (Å²) in [5.74, 6) is -0.816. The van der Waals surface area contributed by atoms with E-state index < -0.39 is 17.3 Å². The Morgan fingerprint density at radius 1 is 1.17 bits per heavy atom. The first-order valence-electron chi connectivity index (χ1n) is 6.91. The Morgan fingerprint density at radius 2 is 1.88 bits per heavy atom. The third-order valence-electron chi connectivity index (χ3n) is 3.34. The summed E-state index contributed by atoms with van der Waals surface area (Å²) in [5.41, 5.74) is -0.0343. The molecule has 0 radical (unpaired) electrons. The highest BCUT2D eigenvalue weighted by molar-refractivity contribution is 9.10. The predicted molar refractivity (Wildman–Crippen MR) is 87.9 cm³/mol. The van der Waals surface area contributed by atoms with Crippen LogP contribution in [-0.2, 0) is 11.5 Å². The molecule has 124 valence electrons. The van der Waals surface area contributed by atoms with Crippen LogP contribution in [-0.4, -0.2) is 21.5 Å². The van der Waals surface area contributed by atoms with E-state index in [-0.39, 0.29) is 18.2 Å². The summed E-state index contributed by atoms with van der Waals surface area (Å²) in [5, 5.41) is 4.18. The minimum absolute atomic E-state index is 0.0462. The first-order chi connectivity index (χ1) is 11.5. The van der Waals surface area contributed by atoms with E-state index in [9.17, 15) is 13.6 Å². The molecule has 8 heteroatoms. The number of benzene rings is 2. The molecule has 0 amide bonds. The van der Waals surface area contributed by atoms with Gasteiger partial charge in [0, 0.05) is 17.1 Å². The van der Waals surface area contributed by atoms with Crippen molar-refractivity contribution in [2.45, 2.75) is 6.73 Å². The number of halogens is 3. The molecule has 1 heterocycles. The fourth-order valence-electron chi connectivity index (χ4n) is 2.28. The number of nitrogens with zero attached hydrogens (tertiary/aromatic N) is 3. The molecular weight excluding hydrogens is 384 g/mol. The summed E-state index contributed by atoms with van der Waals surface area (Å²) in [7, 11) is 1.42. The monoisotopic (exact) mass is 395 g/mol.